The van der Waals surface area contributed by atoms with Gasteiger partial charge in [0.2, 0.25) is 5.95 Å². The lowest BCUT2D eigenvalue weighted by Crippen LogP contribution is -2.31. The first kappa shape index (κ1) is 14.6. The molecular weight excluding hydrogens is 278 g/mol. The summed E-state index contributed by atoms with van der Waals surface area (Å²) in [6, 6.07) is 2.09. The van der Waals surface area contributed by atoms with Crippen molar-refractivity contribution in [1.29, 1.82) is 0 Å². The third-order valence-electron chi connectivity index (χ3n) is 3.96. The Morgan fingerprint density at radius 1 is 1.00 bits per heavy atom. The van der Waals surface area contributed by atoms with Crippen LogP contribution in [0, 0.1) is 6.92 Å². The van der Waals surface area contributed by atoms with Gasteiger partial charge in [-0.1, -0.05) is 0 Å². The number of ether oxygens (including phenoxy) is 1. The molecule has 22 heavy (non-hydrogen) atoms. The molecule has 0 unspecified atom stereocenters. The van der Waals surface area contributed by atoms with Crippen LogP contribution in [0.5, 0.6) is 5.75 Å². The van der Waals surface area contributed by atoms with Crippen molar-refractivity contribution in [3.05, 3.63) is 36.4 Å². The highest BCUT2D eigenvalue weighted by atomic mass is 16.5. The van der Waals surface area contributed by atoms with Crippen molar-refractivity contribution in [2.45, 2.75) is 13.3 Å². The van der Waals surface area contributed by atoms with Gasteiger partial charge >= 0.3 is 0 Å². The number of pyridine rings is 1. The van der Waals surface area contributed by atoms with Gasteiger partial charge in [-0.25, -0.2) is 9.97 Å². The maximum atomic E-state index is 5.11. The topological polar surface area (TPSA) is 54.4 Å². The first-order chi connectivity index (χ1) is 10.8. The van der Waals surface area contributed by atoms with E-state index in [-0.39, 0.29) is 0 Å². The third kappa shape index (κ3) is 3.10. The molecule has 0 aliphatic carbocycles. The molecule has 3 heterocycles. The highest BCUT2D eigenvalue weighted by Crippen LogP contribution is 2.21. The fourth-order valence-electron chi connectivity index (χ4n) is 2.76. The molecule has 1 fully saturated rings. The molecule has 1 aliphatic rings. The molecule has 0 amide bonds. The molecular formula is C16H21N5O. The van der Waals surface area contributed by atoms with Crippen LogP contribution in [-0.4, -0.2) is 48.2 Å². The Morgan fingerprint density at radius 3 is 2.45 bits per heavy atom. The van der Waals surface area contributed by atoms with E-state index in [1.54, 1.807) is 19.5 Å². The monoisotopic (exact) mass is 299 g/mol. The maximum absolute atomic E-state index is 5.11. The molecule has 0 atom stereocenters. The van der Waals surface area contributed by atoms with Crippen LogP contribution in [0.2, 0.25) is 0 Å². The summed E-state index contributed by atoms with van der Waals surface area (Å²) in [7, 11) is 1.62. The molecule has 3 rings (SSSR count). The number of aromatic nitrogens is 3. The van der Waals surface area contributed by atoms with Gasteiger partial charge in [-0.15, -0.1) is 0 Å². The Morgan fingerprint density at radius 2 is 1.73 bits per heavy atom. The fraction of sp³-hybridized carbons (Fsp3) is 0.438. The van der Waals surface area contributed by atoms with Gasteiger partial charge in [0.1, 0.15) is 0 Å². The predicted octanol–water partition coefficient (Wildman–Crippen LogP) is 1.91. The van der Waals surface area contributed by atoms with E-state index in [1.807, 2.05) is 12.4 Å². The van der Waals surface area contributed by atoms with Crippen molar-refractivity contribution in [2.24, 2.45) is 0 Å². The predicted molar refractivity (Wildman–Crippen MR) is 86.6 cm³/mol. The molecule has 6 nitrogen and oxygen atoms in total. The lowest BCUT2D eigenvalue weighted by molar-refractivity contribution is 0.410. The summed E-state index contributed by atoms with van der Waals surface area (Å²) in [6.07, 6.45) is 8.30. The average molecular weight is 299 g/mol. The van der Waals surface area contributed by atoms with Crippen LogP contribution < -0.4 is 14.5 Å². The number of nitrogens with zero attached hydrogens (tertiary/aromatic N) is 5. The third-order valence-corrected chi connectivity index (χ3v) is 3.96. The Bertz CT molecular complexity index is 616. The summed E-state index contributed by atoms with van der Waals surface area (Å²) in [5.41, 5.74) is 2.49. The van der Waals surface area contributed by atoms with E-state index in [2.05, 4.69) is 37.7 Å². The zero-order valence-electron chi connectivity index (χ0n) is 13.1. The normalized spacial score (nSPS) is 15.5. The Kier molecular flexibility index (Phi) is 4.37. The minimum Gasteiger partial charge on any atom is -0.494 e. The van der Waals surface area contributed by atoms with Crippen LogP contribution in [0.3, 0.4) is 0 Å². The number of anilines is 2. The van der Waals surface area contributed by atoms with E-state index in [4.69, 9.17) is 4.74 Å². The summed E-state index contributed by atoms with van der Waals surface area (Å²) in [5, 5.41) is 0. The lowest BCUT2D eigenvalue weighted by atomic mass is 10.2. The van der Waals surface area contributed by atoms with E-state index in [9.17, 15) is 0 Å². The first-order valence-electron chi connectivity index (χ1n) is 7.54. The molecule has 116 valence electrons. The van der Waals surface area contributed by atoms with Gasteiger partial charge < -0.3 is 14.5 Å². The van der Waals surface area contributed by atoms with Gasteiger partial charge in [0.25, 0.3) is 0 Å². The quantitative estimate of drug-likeness (QED) is 0.863. The summed E-state index contributed by atoms with van der Waals surface area (Å²) < 4.78 is 5.11. The maximum Gasteiger partial charge on any atom is 0.225 e. The second kappa shape index (κ2) is 6.60. The number of hydrogen-bond acceptors (Lipinski definition) is 6. The standard InChI is InChI=1S/C16H21N5O/c1-13-10-17-5-4-15(13)20-6-3-7-21(9-8-20)16-18-11-14(22-2)12-19-16/h4-5,10-12H,3,6-9H2,1-2H3. The van der Waals surface area contributed by atoms with Crippen LogP contribution in [0.1, 0.15) is 12.0 Å². The molecule has 1 saturated heterocycles. The summed E-state index contributed by atoms with van der Waals surface area (Å²) in [5.74, 6) is 1.46. The summed E-state index contributed by atoms with van der Waals surface area (Å²) in [6.45, 7) is 5.98. The molecule has 0 spiro atoms. The van der Waals surface area contributed by atoms with Gasteiger partial charge in [-0.2, -0.15) is 0 Å². The van der Waals surface area contributed by atoms with E-state index in [0.29, 0.717) is 5.75 Å². The second-order valence-electron chi connectivity index (χ2n) is 5.41. The molecule has 0 saturated carbocycles. The van der Waals surface area contributed by atoms with Crippen LogP contribution in [0.25, 0.3) is 0 Å². The summed E-state index contributed by atoms with van der Waals surface area (Å²) in [4.78, 5) is 17.6. The van der Waals surface area contributed by atoms with Crippen molar-refractivity contribution < 1.29 is 4.74 Å². The van der Waals surface area contributed by atoms with E-state index >= 15 is 0 Å². The Labute approximate surface area is 130 Å². The molecule has 0 N–H and O–H groups in total. The largest absolute Gasteiger partial charge is 0.494 e. The molecule has 0 aromatic carbocycles. The minimum absolute atomic E-state index is 0.688. The first-order valence-corrected chi connectivity index (χ1v) is 7.54. The zero-order valence-corrected chi connectivity index (χ0v) is 13.1. The van der Waals surface area contributed by atoms with Crippen LogP contribution in [0.15, 0.2) is 30.9 Å². The fourth-order valence-corrected chi connectivity index (χ4v) is 2.76. The van der Waals surface area contributed by atoms with Crippen molar-refractivity contribution in [3.63, 3.8) is 0 Å². The second-order valence-corrected chi connectivity index (χ2v) is 5.41. The number of aryl methyl sites for hydroxylation is 1. The van der Waals surface area contributed by atoms with Crippen LogP contribution in [-0.2, 0) is 0 Å². The van der Waals surface area contributed by atoms with Crippen molar-refractivity contribution in [3.8, 4) is 5.75 Å². The average Bonchev–Trinajstić information content (AvgIpc) is 2.81. The van der Waals surface area contributed by atoms with E-state index in [0.717, 1.165) is 38.5 Å². The van der Waals surface area contributed by atoms with Crippen molar-refractivity contribution in [1.82, 2.24) is 15.0 Å². The van der Waals surface area contributed by atoms with Crippen molar-refractivity contribution >= 4 is 11.6 Å². The van der Waals surface area contributed by atoms with Crippen LogP contribution >= 0.6 is 0 Å². The Hall–Kier alpha value is -2.37. The Balaban J connectivity index is 1.70. The lowest BCUT2D eigenvalue weighted by Gasteiger charge is -2.24. The van der Waals surface area contributed by atoms with E-state index < -0.39 is 0 Å². The molecule has 2 aromatic rings. The minimum atomic E-state index is 0.688. The van der Waals surface area contributed by atoms with E-state index in [1.165, 1.54) is 11.3 Å². The van der Waals surface area contributed by atoms with Gasteiger partial charge in [-0.3, -0.25) is 4.98 Å². The summed E-state index contributed by atoms with van der Waals surface area (Å²) >= 11 is 0. The zero-order chi connectivity index (χ0) is 15.4. The highest BCUT2D eigenvalue weighted by Gasteiger charge is 2.18. The smallest absolute Gasteiger partial charge is 0.225 e. The molecule has 0 bridgehead atoms. The molecule has 2 aromatic heterocycles. The number of rotatable bonds is 3. The molecule has 6 heteroatoms. The van der Waals surface area contributed by atoms with Gasteiger partial charge in [-0.05, 0) is 25.0 Å². The number of hydrogen-bond donors (Lipinski definition) is 0. The SMILES string of the molecule is COc1cnc(N2CCCN(c3ccncc3C)CC2)nc1. The van der Waals surface area contributed by atoms with Gasteiger partial charge in [0, 0.05) is 44.3 Å². The molecule has 1 aliphatic heterocycles. The number of methoxy groups -OCH3 is 1. The van der Waals surface area contributed by atoms with Crippen LogP contribution in [0.4, 0.5) is 11.6 Å². The van der Waals surface area contributed by atoms with Gasteiger partial charge in [0.15, 0.2) is 5.75 Å². The molecule has 0 radical (unpaired) electrons. The van der Waals surface area contributed by atoms with Gasteiger partial charge in [0.05, 0.1) is 19.5 Å². The highest BCUT2D eigenvalue weighted by molar-refractivity contribution is 5.52. The van der Waals surface area contributed by atoms with Crippen molar-refractivity contribution in [2.75, 3.05) is 43.1 Å².